The van der Waals surface area contributed by atoms with Crippen LogP contribution in [-0.2, 0) is 9.84 Å². The van der Waals surface area contributed by atoms with Crippen molar-refractivity contribution in [3.05, 3.63) is 23.9 Å². The lowest BCUT2D eigenvalue weighted by atomic mass is 9.85. The minimum Gasteiger partial charge on any atom is -0.478 e. The molecule has 1 aromatic rings. The Hall–Kier alpha value is -1.43. The molecule has 2 aliphatic rings. The quantitative estimate of drug-likeness (QED) is 0.796. The van der Waals surface area contributed by atoms with E-state index in [9.17, 15) is 13.2 Å². The van der Waals surface area contributed by atoms with Crippen LogP contribution in [0.4, 0.5) is 0 Å². The van der Waals surface area contributed by atoms with Crippen LogP contribution in [-0.4, -0.2) is 36.3 Å². The van der Waals surface area contributed by atoms with Gasteiger partial charge < -0.3 is 4.74 Å². The third-order valence-electron chi connectivity index (χ3n) is 4.76. The van der Waals surface area contributed by atoms with Gasteiger partial charge in [0.1, 0.15) is 0 Å². The van der Waals surface area contributed by atoms with Crippen molar-refractivity contribution in [1.29, 1.82) is 0 Å². The van der Waals surface area contributed by atoms with Gasteiger partial charge in [-0.15, -0.1) is 0 Å². The second-order valence-electron chi connectivity index (χ2n) is 6.11. The van der Waals surface area contributed by atoms with Gasteiger partial charge in [-0.25, -0.2) is 13.4 Å². The maximum absolute atomic E-state index is 12.6. The average molecular weight is 323 g/mol. The Morgan fingerprint density at radius 3 is 2.50 bits per heavy atom. The molecule has 0 aromatic carbocycles. The molecule has 0 amide bonds. The van der Waals surface area contributed by atoms with Gasteiger partial charge in [-0.1, -0.05) is 6.42 Å². The number of ether oxygens (including phenoxy) is 1. The maximum Gasteiger partial charge on any atom is 0.213 e. The molecule has 2 bridgehead atoms. The van der Waals surface area contributed by atoms with Gasteiger partial charge >= 0.3 is 0 Å². The number of hydrogen-bond donors (Lipinski definition) is 0. The first-order valence-corrected chi connectivity index (χ1v) is 9.49. The highest BCUT2D eigenvalue weighted by atomic mass is 32.2. The molecule has 2 atom stereocenters. The van der Waals surface area contributed by atoms with E-state index < -0.39 is 9.84 Å². The standard InChI is InChI=1S/C16H21NO4S/c1-2-21-15-7-6-11(10-17-15)16(18)12-8-13-4-3-5-14(9-12)22(13,19)20/h6-7,10,12-14H,2-5,8-9H2,1H3. The van der Waals surface area contributed by atoms with Crippen LogP contribution in [0.3, 0.4) is 0 Å². The molecule has 0 aliphatic carbocycles. The highest BCUT2D eigenvalue weighted by molar-refractivity contribution is 7.92. The summed E-state index contributed by atoms with van der Waals surface area (Å²) in [4.78, 5) is 16.8. The minimum absolute atomic E-state index is 0.0161. The summed E-state index contributed by atoms with van der Waals surface area (Å²) in [5.74, 6) is 0.322. The zero-order valence-corrected chi connectivity index (χ0v) is 13.5. The lowest BCUT2D eigenvalue weighted by Gasteiger charge is -2.38. The van der Waals surface area contributed by atoms with E-state index in [1.165, 1.54) is 6.20 Å². The van der Waals surface area contributed by atoms with Gasteiger partial charge in [0.25, 0.3) is 0 Å². The van der Waals surface area contributed by atoms with Crippen molar-refractivity contribution in [2.75, 3.05) is 6.61 Å². The van der Waals surface area contributed by atoms with Crippen LogP contribution in [0, 0.1) is 5.92 Å². The smallest absolute Gasteiger partial charge is 0.213 e. The molecule has 3 heterocycles. The molecule has 3 rings (SSSR count). The molecular formula is C16H21NO4S. The number of ketones is 1. The number of carbonyl (C=O) groups is 1. The molecule has 22 heavy (non-hydrogen) atoms. The van der Waals surface area contributed by atoms with Gasteiger partial charge in [-0.05, 0) is 38.7 Å². The number of carbonyl (C=O) groups excluding carboxylic acids is 1. The second kappa shape index (κ2) is 5.99. The first-order chi connectivity index (χ1) is 10.5. The molecule has 6 heteroatoms. The molecule has 0 N–H and O–H groups in total. The Balaban J connectivity index is 1.76. The molecule has 2 unspecified atom stereocenters. The first kappa shape index (κ1) is 15.5. The molecule has 2 aliphatic heterocycles. The van der Waals surface area contributed by atoms with Gasteiger partial charge in [0.05, 0.1) is 17.1 Å². The van der Waals surface area contributed by atoms with Gasteiger partial charge in [-0.3, -0.25) is 4.79 Å². The maximum atomic E-state index is 12.6. The lowest BCUT2D eigenvalue weighted by molar-refractivity contribution is 0.0893. The van der Waals surface area contributed by atoms with Gasteiger partial charge in [0, 0.05) is 23.7 Å². The van der Waals surface area contributed by atoms with E-state index in [4.69, 9.17) is 4.74 Å². The molecule has 0 radical (unpaired) electrons. The van der Waals surface area contributed by atoms with Crippen LogP contribution in [0.5, 0.6) is 5.88 Å². The van der Waals surface area contributed by atoms with Gasteiger partial charge in [0.15, 0.2) is 15.6 Å². The van der Waals surface area contributed by atoms with Crippen LogP contribution >= 0.6 is 0 Å². The third kappa shape index (κ3) is 2.76. The van der Waals surface area contributed by atoms with Crippen molar-refractivity contribution in [3.8, 4) is 5.88 Å². The number of sulfone groups is 1. The fourth-order valence-corrected chi connectivity index (χ4v) is 6.15. The van der Waals surface area contributed by atoms with Crippen molar-refractivity contribution >= 4 is 15.6 Å². The zero-order chi connectivity index (χ0) is 15.7. The second-order valence-corrected chi connectivity index (χ2v) is 8.63. The van der Waals surface area contributed by atoms with E-state index in [0.717, 1.165) is 6.42 Å². The molecule has 2 fully saturated rings. The molecular weight excluding hydrogens is 302 g/mol. The van der Waals surface area contributed by atoms with Crippen LogP contribution < -0.4 is 4.74 Å². The predicted octanol–water partition coefficient (Wildman–Crippen LogP) is 2.41. The fraction of sp³-hybridized carbons (Fsp3) is 0.625. The summed E-state index contributed by atoms with van der Waals surface area (Å²) in [6, 6.07) is 3.41. The predicted molar refractivity (Wildman–Crippen MR) is 82.8 cm³/mol. The Bertz CT molecular complexity index is 633. The number of aromatic nitrogens is 1. The van der Waals surface area contributed by atoms with E-state index in [-0.39, 0.29) is 22.2 Å². The minimum atomic E-state index is -3.02. The summed E-state index contributed by atoms with van der Waals surface area (Å²) in [6.07, 6.45) is 4.82. The summed E-state index contributed by atoms with van der Waals surface area (Å²) >= 11 is 0. The van der Waals surface area contributed by atoms with E-state index in [2.05, 4.69) is 4.98 Å². The summed E-state index contributed by atoms with van der Waals surface area (Å²) in [7, 11) is -3.02. The normalized spacial score (nSPS) is 29.8. The largest absolute Gasteiger partial charge is 0.478 e. The highest BCUT2D eigenvalue weighted by Crippen LogP contribution is 2.40. The van der Waals surface area contributed by atoms with Crippen LogP contribution in [0.25, 0.3) is 0 Å². The Labute approximate surface area is 131 Å². The van der Waals surface area contributed by atoms with Crippen LogP contribution in [0.15, 0.2) is 18.3 Å². The number of nitrogens with zero attached hydrogens (tertiary/aromatic N) is 1. The Kier molecular flexibility index (Phi) is 4.21. The van der Waals surface area contributed by atoms with E-state index in [0.29, 0.717) is 43.7 Å². The van der Waals surface area contributed by atoms with Crippen LogP contribution in [0.1, 0.15) is 49.4 Å². The van der Waals surface area contributed by atoms with Crippen molar-refractivity contribution in [3.63, 3.8) is 0 Å². The topological polar surface area (TPSA) is 73.3 Å². The number of hydrogen-bond acceptors (Lipinski definition) is 5. The number of fused-ring (bicyclic) bond motifs is 2. The average Bonchev–Trinajstić information content (AvgIpc) is 2.46. The lowest BCUT2D eigenvalue weighted by Crippen LogP contribution is -2.45. The monoisotopic (exact) mass is 323 g/mol. The summed E-state index contributed by atoms with van der Waals surface area (Å²) < 4.78 is 29.8. The fourth-order valence-electron chi connectivity index (χ4n) is 3.62. The molecule has 5 nitrogen and oxygen atoms in total. The van der Waals surface area contributed by atoms with E-state index >= 15 is 0 Å². The molecule has 120 valence electrons. The van der Waals surface area contributed by atoms with E-state index in [1.807, 2.05) is 6.92 Å². The molecule has 0 spiro atoms. The SMILES string of the molecule is CCOc1ccc(C(=O)C2CC3CCCC(C2)S3(=O)=O)cn1. The van der Waals surface area contributed by atoms with Crippen molar-refractivity contribution in [2.24, 2.45) is 5.92 Å². The van der Waals surface area contributed by atoms with Crippen LogP contribution in [0.2, 0.25) is 0 Å². The van der Waals surface area contributed by atoms with Gasteiger partial charge in [-0.2, -0.15) is 0 Å². The van der Waals surface area contributed by atoms with Crippen molar-refractivity contribution in [2.45, 2.75) is 49.5 Å². The Morgan fingerprint density at radius 1 is 1.27 bits per heavy atom. The van der Waals surface area contributed by atoms with Crippen molar-refractivity contribution in [1.82, 2.24) is 4.98 Å². The Morgan fingerprint density at radius 2 is 1.95 bits per heavy atom. The number of pyridine rings is 1. The summed E-state index contributed by atoms with van der Waals surface area (Å²) in [5, 5.41) is -0.658. The summed E-state index contributed by atoms with van der Waals surface area (Å²) in [5.41, 5.74) is 0.547. The first-order valence-electron chi connectivity index (χ1n) is 7.88. The zero-order valence-electron chi connectivity index (χ0n) is 12.7. The van der Waals surface area contributed by atoms with E-state index in [1.54, 1.807) is 12.1 Å². The number of rotatable bonds is 4. The highest BCUT2D eigenvalue weighted by Gasteiger charge is 2.46. The van der Waals surface area contributed by atoms with Gasteiger partial charge in [0.2, 0.25) is 5.88 Å². The van der Waals surface area contributed by atoms with Crippen molar-refractivity contribution < 1.29 is 17.9 Å². The molecule has 1 aromatic heterocycles. The molecule has 2 saturated heterocycles. The molecule has 0 saturated carbocycles. The number of Topliss-reactive ketones (excluding diaryl/α,β-unsaturated/α-hetero) is 1. The third-order valence-corrected chi connectivity index (χ3v) is 7.47. The summed E-state index contributed by atoms with van der Waals surface area (Å²) in [6.45, 7) is 2.41.